The van der Waals surface area contributed by atoms with Crippen LogP contribution < -0.4 is 5.32 Å². The number of hydrogen-bond donors (Lipinski definition) is 1. The summed E-state index contributed by atoms with van der Waals surface area (Å²) < 4.78 is 24.9. The molecule has 1 aromatic rings. The van der Waals surface area contributed by atoms with Crippen molar-refractivity contribution in [3.63, 3.8) is 0 Å². The molecule has 0 fully saturated rings. The van der Waals surface area contributed by atoms with Crippen LogP contribution in [0.5, 0.6) is 0 Å². The minimum atomic E-state index is -3.16. The molecule has 0 saturated carbocycles. The molecule has 2 atom stereocenters. The number of benzene rings is 1. The summed E-state index contributed by atoms with van der Waals surface area (Å²) in [6.07, 6.45) is 0.638. The Kier molecular flexibility index (Phi) is 3.52. The maximum absolute atomic E-state index is 12.4. The van der Waals surface area contributed by atoms with E-state index >= 15 is 0 Å². The molecule has 1 aliphatic heterocycles. The topological polar surface area (TPSA) is 46.2 Å². The van der Waals surface area contributed by atoms with Gasteiger partial charge < -0.3 is 5.32 Å². The van der Waals surface area contributed by atoms with Crippen LogP contribution in [0.2, 0.25) is 0 Å². The third kappa shape index (κ3) is 1.88. The molecule has 1 heterocycles. The summed E-state index contributed by atoms with van der Waals surface area (Å²) >= 11 is 0. The Labute approximate surface area is 110 Å². The van der Waals surface area contributed by atoms with Crippen molar-refractivity contribution in [1.82, 2.24) is 5.32 Å². The summed E-state index contributed by atoms with van der Waals surface area (Å²) in [5, 5.41) is 2.83. The largest absolute Gasteiger partial charge is 0.312 e. The second kappa shape index (κ2) is 4.67. The first-order valence-electron chi connectivity index (χ1n) is 6.48. The highest BCUT2D eigenvalue weighted by atomic mass is 32.2. The predicted molar refractivity (Wildman–Crippen MR) is 73.6 cm³/mol. The summed E-state index contributed by atoms with van der Waals surface area (Å²) in [4.78, 5) is 0.512. The van der Waals surface area contributed by atoms with Gasteiger partial charge in [-0.1, -0.05) is 32.9 Å². The van der Waals surface area contributed by atoms with Crippen LogP contribution >= 0.6 is 0 Å². The maximum atomic E-state index is 12.4. The van der Waals surface area contributed by atoms with E-state index in [1.54, 1.807) is 6.07 Å². The molecular formula is C14H21NO2S. The molecule has 2 rings (SSSR count). The Morgan fingerprint density at radius 2 is 2.00 bits per heavy atom. The number of fused-ring (bicyclic) bond motifs is 1. The van der Waals surface area contributed by atoms with Crippen LogP contribution in [0.25, 0.3) is 0 Å². The van der Waals surface area contributed by atoms with Gasteiger partial charge in [-0.2, -0.15) is 0 Å². The van der Waals surface area contributed by atoms with Gasteiger partial charge in [0.15, 0.2) is 9.84 Å². The second-order valence-electron chi connectivity index (χ2n) is 5.21. The van der Waals surface area contributed by atoms with Gasteiger partial charge in [0, 0.05) is 0 Å². The molecule has 100 valence electrons. The Morgan fingerprint density at radius 3 is 2.50 bits per heavy atom. The molecule has 0 saturated heterocycles. The highest BCUT2D eigenvalue weighted by Gasteiger charge is 2.43. The standard InChI is InChI=1S/C14H21NO2S/c1-5-12-14(15-4)11-8-10(9(2)3)6-7-13(11)18(12,16)17/h6-9,12,14-15H,5H2,1-4H3. The monoisotopic (exact) mass is 267 g/mol. The molecule has 0 amide bonds. The zero-order chi connectivity index (χ0) is 13.5. The van der Waals surface area contributed by atoms with Crippen LogP contribution in [0.15, 0.2) is 23.1 Å². The van der Waals surface area contributed by atoms with Gasteiger partial charge in [-0.25, -0.2) is 8.42 Å². The summed E-state index contributed by atoms with van der Waals surface area (Å²) in [5.41, 5.74) is 2.14. The fourth-order valence-corrected chi connectivity index (χ4v) is 4.95. The first-order valence-corrected chi connectivity index (χ1v) is 8.03. The van der Waals surface area contributed by atoms with Gasteiger partial charge in [0.05, 0.1) is 16.2 Å². The molecule has 0 aromatic heterocycles. The van der Waals surface area contributed by atoms with Crippen LogP contribution in [-0.2, 0) is 9.84 Å². The molecule has 18 heavy (non-hydrogen) atoms. The third-order valence-corrected chi connectivity index (χ3v) is 6.21. The summed E-state index contributed by atoms with van der Waals surface area (Å²) in [5.74, 6) is 0.413. The Bertz CT molecular complexity index is 549. The van der Waals surface area contributed by atoms with Gasteiger partial charge in [0.1, 0.15) is 0 Å². The summed E-state index contributed by atoms with van der Waals surface area (Å²) in [6, 6.07) is 5.69. The van der Waals surface area contributed by atoms with E-state index in [-0.39, 0.29) is 11.3 Å². The quantitative estimate of drug-likeness (QED) is 0.915. The number of nitrogens with one attached hydrogen (secondary N) is 1. The van der Waals surface area contributed by atoms with Crippen molar-refractivity contribution in [3.8, 4) is 0 Å². The molecule has 1 N–H and O–H groups in total. The average Bonchev–Trinajstić information content (AvgIpc) is 2.55. The van der Waals surface area contributed by atoms with Crippen molar-refractivity contribution < 1.29 is 8.42 Å². The lowest BCUT2D eigenvalue weighted by molar-refractivity contribution is 0.528. The van der Waals surface area contributed by atoms with Gasteiger partial charge in [0.2, 0.25) is 0 Å². The van der Waals surface area contributed by atoms with E-state index in [0.717, 1.165) is 5.56 Å². The third-order valence-electron chi connectivity index (χ3n) is 3.83. The van der Waals surface area contributed by atoms with Crippen molar-refractivity contribution in [2.45, 2.75) is 49.3 Å². The Hall–Kier alpha value is -0.870. The summed E-state index contributed by atoms with van der Waals surface area (Å²) in [7, 11) is -1.33. The van der Waals surface area contributed by atoms with Crippen molar-refractivity contribution in [3.05, 3.63) is 29.3 Å². The second-order valence-corrected chi connectivity index (χ2v) is 7.35. The lowest BCUT2D eigenvalue weighted by atomic mass is 9.96. The Balaban J connectivity index is 2.62. The zero-order valence-corrected chi connectivity index (χ0v) is 12.2. The maximum Gasteiger partial charge on any atom is 0.183 e. The van der Waals surface area contributed by atoms with E-state index in [2.05, 4.69) is 19.2 Å². The SMILES string of the molecule is CCC1C(NC)c2cc(C(C)C)ccc2S1(=O)=O. The zero-order valence-electron chi connectivity index (χ0n) is 11.4. The van der Waals surface area contributed by atoms with Crippen molar-refractivity contribution in [2.24, 2.45) is 0 Å². The lowest BCUT2D eigenvalue weighted by Gasteiger charge is -2.17. The van der Waals surface area contributed by atoms with E-state index in [1.165, 1.54) is 5.56 Å². The minimum Gasteiger partial charge on any atom is -0.312 e. The van der Waals surface area contributed by atoms with Crippen molar-refractivity contribution in [1.29, 1.82) is 0 Å². The van der Waals surface area contributed by atoms with Gasteiger partial charge in [-0.3, -0.25) is 0 Å². The lowest BCUT2D eigenvalue weighted by Crippen LogP contribution is -2.28. The Morgan fingerprint density at radius 1 is 1.33 bits per heavy atom. The van der Waals surface area contributed by atoms with Gasteiger partial charge in [-0.05, 0) is 36.6 Å². The molecular weight excluding hydrogens is 246 g/mol. The van der Waals surface area contributed by atoms with E-state index in [9.17, 15) is 8.42 Å². The van der Waals surface area contributed by atoms with Crippen LogP contribution in [-0.4, -0.2) is 20.7 Å². The molecule has 0 radical (unpaired) electrons. The van der Waals surface area contributed by atoms with Crippen LogP contribution in [0.3, 0.4) is 0 Å². The minimum absolute atomic E-state index is 0.0753. The first kappa shape index (κ1) is 13.6. The molecule has 0 spiro atoms. The predicted octanol–water partition coefficient (Wildman–Crippen LogP) is 2.64. The number of rotatable bonds is 3. The average molecular weight is 267 g/mol. The molecule has 2 unspecified atom stereocenters. The number of sulfone groups is 1. The van der Waals surface area contributed by atoms with Crippen LogP contribution in [0.4, 0.5) is 0 Å². The van der Waals surface area contributed by atoms with Crippen molar-refractivity contribution >= 4 is 9.84 Å². The molecule has 0 bridgehead atoms. The smallest absolute Gasteiger partial charge is 0.183 e. The normalized spacial score (nSPS) is 25.4. The number of hydrogen-bond acceptors (Lipinski definition) is 3. The van der Waals surface area contributed by atoms with E-state index < -0.39 is 9.84 Å². The molecule has 1 aromatic carbocycles. The van der Waals surface area contributed by atoms with Gasteiger partial charge in [-0.15, -0.1) is 0 Å². The van der Waals surface area contributed by atoms with Gasteiger partial charge in [0.25, 0.3) is 0 Å². The van der Waals surface area contributed by atoms with E-state index in [4.69, 9.17) is 0 Å². The van der Waals surface area contributed by atoms with Gasteiger partial charge >= 0.3 is 0 Å². The van der Waals surface area contributed by atoms with E-state index in [1.807, 2.05) is 26.1 Å². The molecule has 4 heteroatoms. The molecule has 0 aliphatic carbocycles. The van der Waals surface area contributed by atoms with E-state index in [0.29, 0.717) is 17.2 Å². The van der Waals surface area contributed by atoms with Crippen LogP contribution in [0.1, 0.15) is 50.3 Å². The van der Waals surface area contributed by atoms with Crippen molar-refractivity contribution in [2.75, 3.05) is 7.05 Å². The van der Waals surface area contributed by atoms with Crippen LogP contribution in [0, 0.1) is 0 Å². The molecule has 1 aliphatic rings. The fourth-order valence-electron chi connectivity index (χ4n) is 2.77. The fraction of sp³-hybridized carbons (Fsp3) is 0.571. The molecule has 3 nitrogen and oxygen atoms in total. The highest BCUT2D eigenvalue weighted by Crippen LogP contribution is 2.41. The first-order chi connectivity index (χ1) is 8.43. The highest BCUT2D eigenvalue weighted by molar-refractivity contribution is 7.92. The summed E-state index contributed by atoms with van der Waals surface area (Å²) in [6.45, 7) is 6.18.